The Labute approximate surface area is 200 Å². The van der Waals surface area contributed by atoms with Gasteiger partial charge in [0.2, 0.25) is 0 Å². The van der Waals surface area contributed by atoms with Gasteiger partial charge < -0.3 is 24.5 Å². The van der Waals surface area contributed by atoms with Crippen molar-refractivity contribution in [3.05, 3.63) is 73.3 Å². The fraction of sp³-hybridized carbons (Fsp3) is 0.292. The highest BCUT2D eigenvalue weighted by atomic mass is 79.9. The molecule has 0 saturated heterocycles. The Morgan fingerprint density at radius 1 is 1.06 bits per heavy atom. The van der Waals surface area contributed by atoms with Crippen molar-refractivity contribution in [2.24, 2.45) is 17.1 Å². The van der Waals surface area contributed by atoms with Crippen molar-refractivity contribution in [2.45, 2.75) is 25.1 Å². The standard InChI is InChI=1S/C24H26BrN3O5/c1-24(2,22(25)33-23(26)30)19(21(29)31-3)20(28-14-13-27-15-28)32-18-11-9-17(10-12-18)16-7-5-4-6-8-16/h4-15,19-20,22H,1-3H3,(H2,26,30). The van der Waals surface area contributed by atoms with Crippen molar-refractivity contribution >= 4 is 28.0 Å². The van der Waals surface area contributed by atoms with Crippen LogP contribution in [0.15, 0.2) is 73.3 Å². The number of esters is 1. The topological polar surface area (TPSA) is 106 Å². The SMILES string of the molecule is COC(=O)C(C(Oc1ccc(-c2ccccc2)cc1)n1ccnc1)C(C)(C)C(Br)OC(N)=O. The Morgan fingerprint density at radius 3 is 2.24 bits per heavy atom. The van der Waals surface area contributed by atoms with E-state index in [1.165, 1.54) is 7.11 Å². The lowest BCUT2D eigenvalue weighted by molar-refractivity contribution is -0.161. The van der Waals surface area contributed by atoms with Gasteiger partial charge in [-0.25, -0.2) is 9.78 Å². The van der Waals surface area contributed by atoms with E-state index in [-0.39, 0.29) is 0 Å². The molecule has 1 aromatic heterocycles. The van der Waals surface area contributed by atoms with E-state index >= 15 is 0 Å². The number of benzene rings is 2. The molecule has 0 bridgehead atoms. The molecule has 9 heteroatoms. The molecule has 174 valence electrons. The molecule has 0 spiro atoms. The molecule has 0 aliphatic carbocycles. The average molecular weight is 516 g/mol. The number of hydrogen-bond acceptors (Lipinski definition) is 6. The Bertz CT molecular complexity index is 1060. The van der Waals surface area contributed by atoms with E-state index in [0.29, 0.717) is 5.75 Å². The molecule has 33 heavy (non-hydrogen) atoms. The molecule has 8 nitrogen and oxygen atoms in total. The van der Waals surface area contributed by atoms with Gasteiger partial charge in [0.05, 0.1) is 13.4 Å². The van der Waals surface area contributed by atoms with Crippen LogP contribution in [0.5, 0.6) is 5.75 Å². The van der Waals surface area contributed by atoms with Crippen molar-refractivity contribution in [3.8, 4) is 16.9 Å². The van der Waals surface area contributed by atoms with Crippen LogP contribution in [0.4, 0.5) is 4.79 Å². The first-order valence-corrected chi connectivity index (χ1v) is 11.1. The summed E-state index contributed by atoms with van der Waals surface area (Å²) in [7, 11) is 1.29. The molecular weight excluding hydrogens is 490 g/mol. The predicted octanol–water partition coefficient (Wildman–Crippen LogP) is 4.76. The third kappa shape index (κ3) is 5.73. The lowest BCUT2D eigenvalue weighted by Gasteiger charge is -2.39. The third-order valence-corrected chi connectivity index (χ3v) is 6.75. The molecule has 0 aliphatic heterocycles. The van der Waals surface area contributed by atoms with Gasteiger partial charge in [-0.1, -0.05) is 56.3 Å². The quantitative estimate of drug-likeness (QED) is 0.325. The number of primary amides is 1. The molecular formula is C24H26BrN3O5. The summed E-state index contributed by atoms with van der Waals surface area (Å²) in [4.78, 5) is 28.4. The predicted molar refractivity (Wildman–Crippen MR) is 126 cm³/mol. The van der Waals surface area contributed by atoms with Gasteiger partial charge >= 0.3 is 12.1 Å². The van der Waals surface area contributed by atoms with Crippen LogP contribution in [-0.2, 0) is 14.3 Å². The first-order chi connectivity index (χ1) is 15.7. The molecule has 2 N–H and O–H groups in total. The minimum Gasteiger partial charge on any atom is -0.469 e. The van der Waals surface area contributed by atoms with Gasteiger partial charge in [0.1, 0.15) is 11.7 Å². The molecule has 0 saturated carbocycles. The van der Waals surface area contributed by atoms with Crippen molar-refractivity contribution in [1.82, 2.24) is 9.55 Å². The number of aromatic nitrogens is 2. The number of amides is 1. The number of alkyl halides is 1. The zero-order chi connectivity index (χ0) is 24.0. The van der Waals surface area contributed by atoms with Crippen molar-refractivity contribution in [2.75, 3.05) is 7.11 Å². The molecule has 0 aliphatic rings. The van der Waals surface area contributed by atoms with Gasteiger partial charge in [0, 0.05) is 17.8 Å². The summed E-state index contributed by atoms with van der Waals surface area (Å²) < 4.78 is 18.2. The molecule has 1 amide bonds. The van der Waals surface area contributed by atoms with Crippen LogP contribution < -0.4 is 10.5 Å². The highest BCUT2D eigenvalue weighted by molar-refractivity contribution is 9.09. The first kappa shape index (κ1) is 24.3. The number of rotatable bonds is 9. The second-order valence-electron chi connectivity index (χ2n) is 7.98. The number of methoxy groups -OCH3 is 1. The summed E-state index contributed by atoms with van der Waals surface area (Å²) >= 11 is 3.34. The zero-order valence-corrected chi connectivity index (χ0v) is 20.1. The first-order valence-electron chi connectivity index (χ1n) is 10.2. The summed E-state index contributed by atoms with van der Waals surface area (Å²) in [6.45, 7) is 3.51. The molecule has 0 fully saturated rings. The third-order valence-electron chi connectivity index (χ3n) is 5.38. The largest absolute Gasteiger partial charge is 0.469 e. The second kappa shape index (κ2) is 10.5. The zero-order valence-electron chi connectivity index (χ0n) is 18.6. The Hall–Kier alpha value is -3.33. The van der Waals surface area contributed by atoms with E-state index in [1.807, 2.05) is 54.6 Å². The fourth-order valence-corrected chi connectivity index (χ4v) is 4.00. The molecule has 3 aromatic rings. The number of ether oxygens (including phenoxy) is 3. The van der Waals surface area contributed by atoms with Crippen LogP contribution in [-0.4, -0.2) is 33.7 Å². The van der Waals surface area contributed by atoms with Crippen molar-refractivity contribution < 1.29 is 23.8 Å². The van der Waals surface area contributed by atoms with Gasteiger partial charge in [-0.3, -0.25) is 4.79 Å². The second-order valence-corrected chi connectivity index (χ2v) is 8.82. The number of nitrogens with zero attached hydrogens (tertiary/aromatic N) is 2. The minimum atomic E-state index is -0.985. The molecule has 3 unspecified atom stereocenters. The van der Waals surface area contributed by atoms with Crippen LogP contribution in [0, 0.1) is 11.3 Å². The number of nitrogens with two attached hydrogens (primary N) is 1. The van der Waals surface area contributed by atoms with Crippen LogP contribution in [0.3, 0.4) is 0 Å². The summed E-state index contributed by atoms with van der Waals surface area (Å²) in [6.07, 6.45) is 3.00. The van der Waals surface area contributed by atoms with Crippen molar-refractivity contribution in [3.63, 3.8) is 0 Å². The van der Waals surface area contributed by atoms with E-state index in [1.54, 1.807) is 37.1 Å². The van der Waals surface area contributed by atoms with Crippen LogP contribution in [0.25, 0.3) is 11.1 Å². The monoisotopic (exact) mass is 515 g/mol. The van der Waals surface area contributed by atoms with E-state index in [0.717, 1.165) is 11.1 Å². The number of carbonyl (C=O) groups excluding carboxylic acids is 2. The van der Waals surface area contributed by atoms with Gasteiger partial charge in [-0.15, -0.1) is 0 Å². The highest BCUT2D eigenvalue weighted by Crippen LogP contribution is 2.43. The summed E-state index contributed by atoms with van der Waals surface area (Å²) in [5, 5.41) is -0.887. The molecule has 3 atom stereocenters. The number of imidazole rings is 1. The van der Waals surface area contributed by atoms with Crippen LogP contribution >= 0.6 is 15.9 Å². The average Bonchev–Trinajstić information content (AvgIpc) is 3.34. The van der Waals surface area contributed by atoms with Gasteiger partial charge in [0.15, 0.2) is 11.2 Å². The lowest BCUT2D eigenvalue weighted by atomic mass is 9.78. The lowest BCUT2D eigenvalue weighted by Crippen LogP contribution is -2.47. The normalized spacial score (nSPS) is 14.1. The van der Waals surface area contributed by atoms with Crippen LogP contribution in [0.2, 0.25) is 0 Å². The summed E-state index contributed by atoms with van der Waals surface area (Å²) in [5.74, 6) is -0.911. The number of halogens is 1. The maximum absolute atomic E-state index is 13.0. The maximum Gasteiger partial charge on any atom is 0.405 e. The molecule has 1 heterocycles. The van der Waals surface area contributed by atoms with E-state index in [2.05, 4.69) is 20.9 Å². The molecule has 0 radical (unpaired) electrons. The van der Waals surface area contributed by atoms with E-state index in [9.17, 15) is 9.59 Å². The van der Waals surface area contributed by atoms with E-state index in [4.69, 9.17) is 19.9 Å². The van der Waals surface area contributed by atoms with Crippen LogP contribution in [0.1, 0.15) is 20.1 Å². The Balaban J connectivity index is 1.96. The van der Waals surface area contributed by atoms with Gasteiger partial charge in [-0.05, 0) is 39.2 Å². The van der Waals surface area contributed by atoms with Gasteiger partial charge in [0.25, 0.3) is 0 Å². The maximum atomic E-state index is 13.0. The summed E-state index contributed by atoms with van der Waals surface area (Å²) in [5.41, 5.74) is 6.32. The number of hydrogen-bond donors (Lipinski definition) is 1. The van der Waals surface area contributed by atoms with E-state index < -0.39 is 34.6 Å². The fourth-order valence-electron chi connectivity index (χ4n) is 3.53. The Kier molecular flexibility index (Phi) is 7.75. The molecule has 3 rings (SSSR count). The number of carbonyl (C=O) groups is 2. The van der Waals surface area contributed by atoms with Gasteiger partial charge in [-0.2, -0.15) is 0 Å². The minimum absolute atomic E-state index is 0.542. The summed E-state index contributed by atoms with van der Waals surface area (Å²) in [6, 6.07) is 17.5. The molecule has 2 aromatic carbocycles. The van der Waals surface area contributed by atoms with Crippen molar-refractivity contribution in [1.29, 1.82) is 0 Å². The highest BCUT2D eigenvalue weighted by Gasteiger charge is 2.49. The smallest absolute Gasteiger partial charge is 0.405 e. The Morgan fingerprint density at radius 2 is 1.70 bits per heavy atom.